The van der Waals surface area contributed by atoms with Gasteiger partial charge in [0.1, 0.15) is 5.75 Å². The monoisotopic (exact) mass is 337 g/mol. The van der Waals surface area contributed by atoms with Crippen LogP contribution in [0.5, 0.6) is 5.75 Å². The van der Waals surface area contributed by atoms with Gasteiger partial charge in [0.25, 0.3) is 5.91 Å². The van der Waals surface area contributed by atoms with Gasteiger partial charge in [-0.2, -0.15) is 0 Å². The van der Waals surface area contributed by atoms with E-state index in [-0.39, 0.29) is 6.61 Å². The van der Waals surface area contributed by atoms with E-state index in [1.807, 2.05) is 18.2 Å². The standard InChI is InChI=1S/C17H24ClN3O2/c18-15-8-13(4-5-16(15)23-12-17(19)22)9-20-10-14(11-20)21-6-2-1-3-7-21/h4-5,8,14H,1-3,6-7,9-12H2,(H2,19,22). The Bertz CT molecular complexity index is 555. The van der Waals surface area contributed by atoms with Crippen molar-refractivity contribution < 1.29 is 9.53 Å². The third-order valence-electron chi connectivity index (χ3n) is 4.62. The molecule has 126 valence electrons. The normalized spacial score (nSPS) is 20.2. The maximum Gasteiger partial charge on any atom is 0.255 e. The third-order valence-corrected chi connectivity index (χ3v) is 4.91. The van der Waals surface area contributed by atoms with Crippen LogP contribution in [0.4, 0.5) is 0 Å². The van der Waals surface area contributed by atoms with E-state index in [1.165, 1.54) is 37.9 Å². The molecular weight excluding hydrogens is 314 g/mol. The Labute approximate surface area is 142 Å². The number of likely N-dealkylation sites (tertiary alicyclic amines) is 2. The molecule has 2 aliphatic heterocycles. The van der Waals surface area contributed by atoms with E-state index >= 15 is 0 Å². The first-order valence-electron chi connectivity index (χ1n) is 8.28. The minimum atomic E-state index is -0.505. The molecule has 0 bridgehead atoms. The lowest BCUT2D eigenvalue weighted by atomic mass is 10.0. The van der Waals surface area contributed by atoms with Gasteiger partial charge in [0, 0.05) is 25.7 Å². The van der Waals surface area contributed by atoms with Crippen molar-refractivity contribution in [2.45, 2.75) is 31.8 Å². The molecule has 2 heterocycles. The first-order chi connectivity index (χ1) is 11.1. The van der Waals surface area contributed by atoms with E-state index in [2.05, 4.69) is 9.80 Å². The minimum Gasteiger partial charge on any atom is -0.482 e. The van der Waals surface area contributed by atoms with Crippen LogP contribution in [-0.4, -0.2) is 54.5 Å². The molecule has 0 aromatic heterocycles. The van der Waals surface area contributed by atoms with Crippen LogP contribution in [0.2, 0.25) is 5.02 Å². The molecule has 2 saturated heterocycles. The van der Waals surface area contributed by atoms with Crippen LogP contribution in [0, 0.1) is 0 Å². The topological polar surface area (TPSA) is 58.8 Å². The van der Waals surface area contributed by atoms with Crippen LogP contribution in [0.25, 0.3) is 0 Å². The summed E-state index contributed by atoms with van der Waals surface area (Å²) in [6, 6.07) is 6.44. The predicted octanol–water partition coefficient (Wildman–Crippen LogP) is 1.87. The number of hydrogen-bond acceptors (Lipinski definition) is 4. The lowest BCUT2D eigenvalue weighted by Gasteiger charge is -2.46. The average molecular weight is 338 g/mol. The quantitative estimate of drug-likeness (QED) is 0.861. The fourth-order valence-corrected chi connectivity index (χ4v) is 3.61. The van der Waals surface area contributed by atoms with Crippen molar-refractivity contribution in [3.05, 3.63) is 28.8 Å². The second kappa shape index (κ2) is 7.51. The second-order valence-electron chi connectivity index (χ2n) is 6.46. The van der Waals surface area contributed by atoms with E-state index in [9.17, 15) is 4.79 Å². The number of halogens is 1. The first kappa shape index (κ1) is 16.6. The third kappa shape index (κ3) is 4.37. The molecule has 0 saturated carbocycles. The number of nitrogens with zero attached hydrogens (tertiary/aromatic N) is 2. The van der Waals surface area contributed by atoms with E-state index in [0.29, 0.717) is 10.8 Å². The fourth-order valence-electron chi connectivity index (χ4n) is 3.35. The molecule has 1 amide bonds. The van der Waals surface area contributed by atoms with Gasteiger partial charge < -0.3 is 10.5 Å². The molecule has 2 N–H and O–H groups in total. The summed E-state index contributed by atoms with van der Waals surface area (Å²) in [5.41, 5.74) is 6.23. The minimum absolute atomic E-state index is 0.150. The molecule has 0 aliphatic carbocycles. The number of nitrogens with two attached hydrogens (primary N) is 1. The van der Waals surface area contributed by atoms with E-state index in [0.717, 1.165) is 25.7 Å². The molecule has 0 radical (unpaired) electrons. The number of benzene rings is 1. The summed E-state index contributed by atoms with van der Waals surface area (Å²) in [6.07, 6.45) is 4.08. The maximum atomic E-state index is 10.7. The summed E-state index contributed by atoms with van der Waals surface area (Å²) in [5, 5.41) is 0.525. The number of amides is 1. The molecule has 5 nitrogen and oxygen atoms in total. The fraction of sp³-hybridized carbons (Fsp3) is 0.588. The number of primary amides is 1. The highest BCUT2D eigenvalue weighted by atomic mass is 35.5. The summed E-state index contributed by atoms with van der Waals surface area (Å²) in [6.45, 7) is 5.55. The Hall–Kier alpha value is -1.30. The van der Waals surface area contributed by atoms with E-state index < -0.39 is 5.91 Å². The van der Waals surface area contributed by atoms with Gasteiger partial charge >= 0.3 is 0 Å². The van der Waals surface area contributed by atoms with Gasteiger partial charge in [-0.25, -0.2) is 0 Å². The summed E-state index contributed by atoms with van der Waals surface area (Å²) in [4.78, 5) is 15.8. The maximum absolute atomic E-state index is 10.7. The molecule has 1 aromatic rings. The highest BCUT2D eigenvalue weighted by Crippen LogP contribution is 2.27. The van der Waals surface area contributed by atoms with Crippen LogP contribution in [-0.2, 0) is 11.3 Å². The molecule has 2 fully saturated rings. The zero-order valence-corrected chi connectivity index (χ0v) is 14.1. The SMILES string of the molecule is NC(=O)COc1ccc(CN2CC(N3CCCCC3)C2)cc1Cl. The van der Waals surface area contributed by atoms with Gasteiger partial charge in [-0.05, 0) is 43.6 Å². The van der Waals surface area contributed by atoms with Crippen molar-refractivity contribution in [2.24, 2.45) is 5.73 Å². The summed E-state index contributed by atoms with van der Waals surface area (Å²) in [7, 11) is 0. The van der Waals surface area contributed by atoms with Crippen molar-refractivity contribution in [2.75, 3.05) is 32.8 Å². The lowest BCUT2D eigenvalue weighted by molar-refractivity contribution is -0.119. The number of ether oxygens (including phenoxy) is 1. The molecular formula is C17H24ClN3O2. The van der Waals surface area contributed by atoms with Gasteiger partial charge in [0.15, 0.2) is 6.61 Å². The molecule has 2 aliphatic rings. The molecule has 0 unspecified atom stereocenters. The molecule has 6 heteroatoms. The van der Waals surface area contributed by atoms with Crippen molar-refractivity contribution in [3.63, 3.8) is 0 Å². The molecule has 3 rings (SSSR count). The summed E-state index contributed by atoms with van der Waals surface area (Å²) >= 11 is 6.20. The van der Waals surface area contributed by atoms with E-state index in [4.69, 9.17) is 22.1 Å². The van der Waals surface area contributed by atoms with Crippen LogP contribution < -0.4 is 10.5 Å². The Morgan fingerprint density at radius 1 is 1.26 bits per heavy atom. The van der Waals surface area contributed by atoms with Gasteiger partial charge in [-0.15, -0.1) is 0 Å². The Morgan fingerprint density at radius 2 is 2.00 bits per heavy atom. The number of rotatable bonds is 6. The smallest absolute Gasteiger partial charge is 0.255 e. The summed E-state index contributed by atoms with van der Waals surface area (Å²) < 4.78 is 5.27. The van der Waals surface area contributed by atoms with Crippen molar-refractivity contribution >= 4 is 17.5 Å². The largest absolute Gasteiger partial charge is 0.482 e. The summed E-state index contributed by atoms with van der Waals surface area (Å²) in [5.74, 6) is -0.00139. The van der Waals surface area contributed by atoms with E-state index in [1.54, 1.807) is 0 Å². The zero-order valence-electron chi connectivity index (χ0n) is 13.3. The van der Waals surface area contributed by atoms with Gasteiger partial charge in [0.05, 0.1) is 5.02 Å². The number of piperidine rings is 1. The number of carbonyl (C=O) groups is 1. The molecule has 23 heavy (non-hydrogen) atoms. The van der Waals surface area contributed by atoms with Crippen molar-refractivity contribution in [3.8, 4) is 5.75 Å². The van der Waals surface area contributed by atoms with Gasteiger partial charge in [-0.1, -0.05) is 24.1 Å². The van der Waals surface area contributed by atoms with Crippen molar-refractivity contribution in [1.82, 2.24) is 9.80 Å². The highest BCUT2D eigenvalue weighted by molar-refractivity contribution is 6.32. The first-order valence-corrected chi connectivity index (χ1v) is 8.65. The average Bonchev–Trinajstić information content (AvgIpc) is 2.50. The Kier molecular flexibility index (Phi) is 5.41. The van der Waals surface area contributed by atoms with Crippen LogP contribution >= 0.6 is 11.6 Å². The molecule has 0 spiro atoms. The Balaban J connectivity index is 1.47. The van der Waals surface area contributed by atoms with Gasteiger partial charge in [0.2, 0.25) is 0 Å². The zero-order chi connectivity index (χ0) is 16.2. The highest BCUT2D eigenvalue weighted by Gasteiger charge is 2.32. The molecule has 0 atom stereocenters. The van der Waals surface area contributed by atoms with Crippen LogP contribution in [0.1, 0.15) is 24.8 Å². The Morgan fingerprint density at radius 3 is 2.65 bits per heavy atom. The second-order valence-corrected chi connectivity index (χ2v) is 6.87. The van der Waals surface area contributed by atoms with Crippen LogP contribution in [0.15, 0.2) is 18.2 Å². The predicted molar refractivity (Wildman–Crippen MR) is 90.6 cm³/mol. The number of hydrogen-bond donors (Lipinski definition) is 1. The van der Waals surface area contributed by atoms with Gasteiger partial charge in [-0.3, -0.25) is 14.6 Å². The van der Waals surface area contributed by atoms with Crippen LogP contribution in [0.3, 0.4) is 0 Å². The number of carbonyl (C=O) groups excluding carboxylic acids is 1. The van der Waals surface area contributed by atoms with Crippen molar-refractivity contribution in [1.29, 1.82) is 0 Å². The molecule has 1 aromatic carbocycles. The lowest BCUT2D eigenvalue weighted by Crippen LogP contribution is -2.59.